The number of hydrogen-bond donors (Lipinski definition) is 2. The van der Waals surface area contributed by atoms with Gasteiger partial charge in [0.15, 0.2) is 0 Å². The lowest BCUT2D eigenvalue weighted by Crippen LogP contribution is -2.48. The smallest absolute Gasteiger partial charge is 0.328 e. The maximum atomic E-state index is 9.88. The van der Waals surface area contributed by atoms with E-state index in [0.29, 0.717) is 0 Å². The van der Waals surface area contributed by atoms with Gasteiger partial charge in [0.25, 0.3) is 0 Å². The third-order valence-electron chi connectivity index (χ3n) is 2.72. The fraction of sp³-hybridized carbons (Fsp3) is 0.818. The zero-order valence-corrected chi connectivity index (χ0v) is 10.7. The molecular formula is C11H23BNO2. The summed E-state index contributed by atoms with van der Waals surface area (Å²) in [4.78, 5) is 0. The molecule has 0 aliphatic heterocycles. The third kappa shape index (κ3) is 4.71. The molecule has 0 amide bonds. The lowest BCUT2D eigenvalue weighted by Gasteiger charge is -2.37. The Kier molecular flexibility index (Phi) is 5.39. The molecule has 0 heterocycles. The molecule has 0 atom stereocenters. The van der Waals surface area contributed by atoms with Crippen molar-refractivity contribution in [1.29, 1.82) is 0 Å². The van der Waals surface area contributed by atoms with E-state index in [1.54, 1.807) is 21.3 Å². The fourth-order valence-electron chi connectivity index (χ4n) is 0.772. The second-order valence-corrected chi connectivity index (χ2v) is 4.67. The Bertz CT molecular complexity index is 219. The summed E-state index contributed by atoms with van der Waals surface area (Å²) in [5.41, 5.74) is -0.411. The third-order valence-corrected chi connectivity index (χ3v) is 2.72. The normalized spacial score (nSPS) is 13.9. The standard InChI is InChI=1S/C11H23BNO2/c1-7-9(8-13-6)12-15-11(4,5)10(2,3)14/h8,13-14H,7H2,1-6H3/b9-8+. The van der Waals surface area contributed by atoms with E-state index in [4.69, 9.17) is 4.65 Å². The van der Waals surface area contributed by atoms with Gasteiger partial charge in [-0.3, -0.25) is 0 Å². The van der Waals surface area contributed by atoms with Gasteiger partial charge in [-0.2, -0.15) is 0 Å². The first-order chi connectivity index (χ1) is 6.74. The fourth-order valence-corrected chi connectivity index (χ4v) is 0.772. The van der Waals surface area contributed by atoms with E-state index in [1.807, 2.05) is 27.1 Å². The molecule has 0 spiro atoms. The predicted octanol–water partition coefficient (Wildman–Crippen LogP) is 1.64. The summed E-state index contributed by atoms with van der Waals surface area (Å²) in [6, 6.07) is 0. The highest BCUT2D eigenvalue weighted by Crippen LogP contribution is 2.25. The second kappa shape index (κ2) is 5.57. The van der Waals surface area contributed by atoms with Crippen LogP contribution in [0.25, 0.3) is 0 Å². The molecule has 0 aromatic rings. The topological polar surface area (TPSA) is 41.5 Å². The van der Waals surface area contributed by atoms with E-state index in [-0.39, 0.29) is 0 Å². The van der Waals surface area contributed by atoms with Crippen LogP contribution in [0.15, 0.2) is 11.7 Å². The minimum absolute atomic E-state index is 0.602. The van der Waals surface area contributed by atoms with Crippen LogP contribution in [0.3, 0.4) is 0 Å². The monoisotopic (exact) mass is 212 g/mol. The lowest BCUT2D eigenvalue weighted by atomic mass is 9.81. The molecule has 2 N–H and O–H groups in total. The quantitative estimate of drug-likeness (QED) is 0.657. The van der Waals surface area contributed by atoms with Crippen LogP contribution < -0.4 is 5.32 Å². The second-order valence-electron chi connectivity index (χ2n) is 4.67. The van der Waals surface area contributed by atoms with Gasteiger partial charge < -0.3 is 15.1 Å². The van der Waals surface area contributed by atoms with E-state index in [1.165, 1.54) is 0 Å². The van der Waals surface area contributed by atoms with Crippen molar-refractivity contribution >= 4 is 7.48 Å². The van der Waals surface area contributed by atoms with Crippen LogP contribution in [0.2, 0.25) is 0 Å². The van der Waals surface area contributed by atoms with Crippen LogP contribution in [0.4, 0.5) is 0 Å². The number of nitrogens with one attached hydrogen (secondary N) is 1. The van der Waals surface area contributed by atoms with Gasteiger partial charge in [-0.15, -0.1) is 0 Å². The molecule has 0 unspecified atom stereocenters. The molecule has 0 bridgehead atoms. The molecule has 0 rings (SSSR count). The molecule has 3 nitrogen and oxygen atoms in total. The Morgan fingerprint density at radius 3 is 2.27 bits per heavy atom. The van der Waals surface area contributed by atoms with Gasteiger partial charge in [0.05, 0.1) is 11.2 Å². The van der Waals surface area contributed by atoms with Crippen LogP contribution in [-0.2, 0) is 4.65 Å². The van der Waals surface area contributed by atoms with Gasteiger partial charge in [-0.25, -0.2) is 0 Å². The number of aliphatic hydroxyl groups is 1. The van der Waals surface area contributed by atoms with E-state index in [2.05, 4.69) is 12.2 Å². The maximum absolute atomic E-state index is 9.88. The van der Waals surface area contributed by atoms with Crippen molar-refractivity contribution < 1.29 is 9.76 Å². The van der Waals surface area contributed by atoms with Crippen LogP contribution in [0.1, 0.15) is 41.0 Å². The molecule has 87 valence electrons. The first-order valence-corrected chi connectivity index (χ1v) is 5.34. The largest absolute Gasteiger partial charge is 0.427 e. The van der Waals surface area contributed by atoms with Crippen LogP contribution in [-0.4, -0.2) is 30.8 Å². The molecule has 0 fully saturated rings. The van der Waals surface area contributed by atoms with Crippen molar-refractivity contribution in [3.8, 4) is 0 Å². The summed E-state index contributed by atoms with van der Waals surface area (Å²) in [7, 11) is 3.55. The Morgan fingerprint density at radius 1 is 1.40 bits per heavy atom. The van der Waals surface area contributed by atoms with E-state index >= 15 is 0 Å². The van der Waals surface area contributed by atoms with Gasteiger partial charge in [-0.1, -0.05) is 12.4 Å². The van der Waals surface area contributed by atoms with Gasteiger partial charge in [-0.05, 0) is 40.3 Å². The summed E-state index contributed by atoms with van der Waals surface area (Å²) in [5, 5.41) is 12.8. The Morgan fingerprint density at radius 2 is 1.93 bits per heavy atom. The van der Waals surface area contributed by atoms with Crippen molar-refractivity contribution in [2.75, 3.05) is 7.05 Å². The summed E-state index contributed by atoms with van der Waals surface area (Å²) in [5.74, 6) is 0. The van der Waals surface area contributed by atoms with Gasteiger partial charge in [0, 0.05) is 7.05 Å². The number of hydrogen-bond acceptors (Lipinski definition) is 3. The predicted molar refractivity (Wildman–Crippen MR) is 64.6 cm³/mol. The molecule has 15 heavy (non-hydrogen) atoms. The lowest BCUT2D eigenvalue weighted by molar-refractivity contribution is -0.0897. The zero-order valence-electron chi connectivity index (χ0n) is 10.7. The van der Waals surface area contributed by atoms with Gasteiger partial charge >= 0.3 is 7.48 Å². The number of rotatable bonds is 6. The summed E-state index contributed by atoms with van der Waals surface area (Å²) in [6.45, 7) is 9.29. The first kappa shape index (κ1) is 14.5. The Balaban J connectivity index is 4.31. The highest BCUT2D eigenvalue weighted by atomic mass is 16.5. The summed E-state index contributed by atoms with van der Waals surface area (Å²) in [6.07, 6.45) is 2.78. The molecule has 0 aromatic heterocycles. The van der Waals surface area contributed by atoms with Crippen molar-refractivity contribution in [3.63, 3.8) is 0 Å². The van der Waals surface area contributed by atoms with Crippen LogP contribution in [0.5, 0.6) is 0 Å². The van der Waals surface area contributed by atoms with Crippen LogP contribution >= 0.6 is 0 Å². The van der Waals surface area contributed by atoms with E-state index < -0.39 is 11.2 Å². The molecule has 4 heteroatoms. The van der Waals surface area contributed by atoms with E-state index in [9.17, 15) is 5.11 Å². The Labute approximate surface area is 94.2 Å². The highest BCUT2D eigenvalue weighted by molar-refractivity contribution is 6.38. The van der Waals surface area contributed by atoms with E-state index in [0.717, 1.165) is 11.9 Å². The van der Waals surface area contributed by atoms with Gasteiger partial charge in [0.1, 0.15) is 0 Å². The van der Waals surface area contributed by atoms with Crippen molar-refractivity contribution in [3.05, 3.63) is 11.7 Å². The molecule has 0 aliphatic carbocycles. The van der Waals surface area contributed by atoms with Crippen molar-refractivity contribution in [1.82, 2.24) is 5.32 Å². The molecule has 0 aliphatic rings. The summed E-state index contributed by atoms with van der Waals surface area (Å²) >= 11 is 0. The van der Waals surface area contributed by atoms with Crippen molar-refractivity contribution in [2.24, 2.45) is 0 Å². The summed E-state index contributed by atoms with van der Waals surface area (Å²) < 4.78 is 5.62. The minimum atomic E-state index is -0.873. The first-order valence-electron chi connectivity index (χ1n) is 5.34. The Hall–Kier alpha value is -0.475. The molecular weight excluding hydrogens is 189 g/mol. The molecule has 1 radical (unpaired) electrons. The zero-order chi connectivity index (χ0) is 12.1. The highest BCUT2D eigenvalue weighted by Gasteiger charge is 2.35. The molecule has 0 aromatic carbocycles. The average molecular weight is 212 g/mol. The average Bonchev–Trinajstić information content (AvgIpc) is 2.10. The molecule has 0 saturated carbocycles. The van der Waals surface area contributed by atoms with Crippen molar-refractivity contribution in [2.45, 2.75) is 52.2 Å². The number of allylic oxidation sites excluding steroid dienone is 1. The van der Waals surface area contributed by atoms with Gasteiger partial charge in [0.2, 0.25) is 0 Å². The maximum Gasteiger partial charge on any atom is 0.328 e. The minimum Gasteiger partial charge on any atom is -0.427 e. The van der Waals surface area contributed by atoms with Crippen LogP contribution in [0, 0.1) is 0 Å². The molecule has 0 saturated heterocycles. The SMILES string of the molecule is CC/C([B]OC(C)(C)C(C)(C)O)=C\NC.